The van der Waals surface area contributed by atoms with Crippen LogP contribution in [0.15, 0.2) is 30.3 Å². The lowest BCUT2D eigenvalue weighted by atomic mass is 9.93. The molecule has 0 heterocycles. The van der Waals surface area contributed by atoms with E-state index in [1.54, 1.807) is 0 Å². The van der Waals surface area contributed by atoms with Crippen LogP contribution in [0, 0.1) is 0 Å². The van der Waals surface area contributed by atoms with Gasteiger partial charge in [-0.25, -0.2) is 0 Å². The van der Waals surface area contributed by atoms with Gasteiger partial charge in [-0.3, -0.25) is 9.59 Å². The molecule has 4 heteroatoms. The Balaban J connectivity index is 2.28. The highest BCUT2D eigenvalue weighted by molar-refractivity contribution is 5.76. The fourth-order valence-electron chi connectivity index (χ4n) is 2.15. The number of unbranched alkanes of at least 4 members (excludes halogenated alkanes) is 1. The van der Waals surface area contributed by atoms with E-state index in [-0.39, 0.29) is 18.2 Å². The van der Waals surface area contributed by atoms with Crippen molar-refractivity contribution >= 4 is 11.9 Å². The van der Waals surface area contributed by atoms with Gasteiger partial charge in [0.05, 0.1) is 0 Å². The summed E-state index contributed by atoms with van der Waals surface area (Å²) in [6, 6.07) is 10.0. The van der Waals surface area contributed by atoms with Crippen molar-refractivity contribution in [2.45, 2.75) is 44.9 Å². The van der Waals surface area contributed by atoms with E-state index in [0.717, 1.165) is 6.42 Å². The molecule has 1 aromatic carbocycles. The fraction of sp³-hybridized carbons (Fsp3) is 0.500. The zero-order valence-corrected chi connectivity index (χ0v) is 12.0. The van der Waals surface area contributed by atoms with Gasteiger partial charge in [0.25, 0.3) is 0 Å². The standard InChI is InChI=1S/C16H23NO3/c1-2-13(14-8-4-3-5-9-14)12-15(18)17-11-7-6-10-16(19)20/h3-5,8-9,13H,2,6-7,10-12H2,1H3,(H,17,18)(H,19,20). The molecule has 4 nitrogen and oxygen atoms in total. The summed E-state index contributed by atoms with van der Waals surface area (Å²) in [6.45, 7) is 2.63. The highest BCUT2D eigenvalue weighted by Crippen LogP contribution is 2.22. The summed E-state index contributed by atoms with van der Waals surface area (Å²) >= 11 is 0. The van der Waals surface area contributed by atoms with Crippen LogP contribution in [-0.4, -0.2) is 23.5 Å². The Labute approximate surface area is 120 Å². The van der Waals surface area contributed by atoms with E-state index in [2.05, 4.69) is 12.2 Å². The molecule has 0 aromatic heterocycles. The quantitative estimate of drug-likeness (QED) is 0.682. The second kappa shape index (κ2) is 9.13. The molecule has 0 saturated carbocycles. The van der Waals surface area contributed by atoms with Crippen LogP contribution in [0.25, 0.3) is 0 Å². The minimum absolute atomic E-state index is 0.0380. The number of carboxylic acid groups (broad SMARTS) is 1. The first kappa shape index (κ1) is 16.2. The zero-order valence-electron chi connectivity index (χ0n) is 12.0. The summed E-state index contributed by atoms with van der Waals surface area (Å²) in [5.74, 6) is -0.502. The molecule has 1 aromatic rings. The second-order valence-corrected chi connectivity index (χ2v) is 4.92. The molecule has 0 aliphatic carbocycles. The van der Waals surface area contributed by atoms with Crippen molar-refractivity contribution in [2.75, 3.05) is 6.54 Å². The van der Waals surface area contributed by atoms with Crippen LogP contribution in [0.2, 0.25) is 0 Å². The maximum absolute atomic E-state index is 11.9. The zero-order chi connectivity index (χ0) is 14.8. The van der Waals surface area contributed by atoms with Crippen LogP contribution >= 0.6 is 0 Å². The van der Waals surface area contributed by atoms with Crippen molar-refractivity contribution in [3.8, 4) is 0 Å². The maximum Gasteiger partial charge on any atom is 0.303 e. The molecule has 2 N–H and O–H groups in total. The first-order valence-electron chi connectivity index (χ1n) is 7.17. The van der Waals surface area contributed by atoms with Gasteiger partial charge in [-0.15, -0.1) is 0 Å². The molecule has 0 radical (unpaired) electrons. The molecule has 1 amide bonds. The minimum Gasteiger partial charge on any atom is -0.481 e. The number of nitrogens with one attached hydrogen (secondary N) is 1. The van der Waals surface area contributed by atoms with E-state index >= 15 is 0 Å². The van der Waals surface area contributed by atoms with E-state index in [1.807, 2.05) is 30.3 Å². The number of carbonyl (C=O) groups excluding carboxylic acids is 1. The minimum atomic E-state index is -0.786. The molecule has 1 rings (SSSR count). The molecule has 0 spiro atoms. The van der Waals surface area contributed by atoms with Gasteiger partial charge in [0, 0.05) is 19.4 Å². The summed E-state index contributed by atoms with van der Waals surface area (Å²) in [4.78, 5) is 22.2. The first-order chi connectivity index (χ1) is 9.63. The van der Waals surface area contributed by atoms with E-state index < -0.39 is 5.97 Å². The highest BCUT2D eigenvalue weighted by Gasteiger charge is 2.13. The van der Waals surface area contributed by atoms with Gasteiger partial charge in [0.2, 0.25) is 5.91 Å². The highest BCUT2D eigenvalue weighted by atomic mass is 16.4. The lowest BCUT2D eigenvalue weighted by Crippen LogP contribution is -2.26. The van der Waals surface area contributed by atoms with E-state index in [9.17, 15) is 9.59 Å². The Morgan fingerprint density at radius 2 is 1.90 bits per heavy atom. The van der Waals surface area contributed by atoms with Gasteiger partial charge in [0.15, 0.2) is 0 Å². The summed E-state index contributed by atoms with van der Waals surface area (Å²) in [7, 11) is 0. The van der Waals surface area contributed by atoms with E-state index in [1.165, 1.54) is 5.56 Å². The molecule has 110 valence electrons. The van der Waals surface area contributed by atoms with Gasteiger partial charge >= 0.3 is 5.97 Å². The maximum atomic E-state index is 11.9. The number of aliphatic carboxylic acids is 1. The van der Waals surface area contributed by atoms with Crippen LogP contribution in [0.5, 0.6) is 0 Å². The van der Waals surface area contributed by atoms with Gasteiger partial charge in [-0.2, -0.15) is 0 Å². The number of amides is 1. The summed E-state index contributed by atoms with van der Waals surface area (Å²) in [5.41, 5.74) is 1.19. The van der Waals surface area contributed by atoms with Crippen molar-refractivity contribution in [1.82, 2.24) is 5.32 Å². The smallest absolute Gasteiger partial charge is 0.303 e. The topological polar surface area (TPSA) is 66.4 Å². The first-order valence-corrected chi connectivity index (χ1v) is 7.17. The average Bonchev–Trinajstić information content (AvgIpc) is 2.45. The predicted octanol–water partition coefficient (Wildman–Crippen LogP) is 2.94. The molecule has 1 atom stereocenters. The van der Waals surface area contributed by atoms with Gasteiger partial charge in [-0.1, -0.05) is 37.3 Å². The number of carboxylic acids is 1. The second-order valence-electron chi connectivity index (χ2n) is 4.92. The lowest BCUT2D eigenvalue weighted by molar-refractivity contribution is -0.137. The molecule has 20 heavy (non-hydrogen) atoms. The van der Waals surface area contributed by atoms with Crippen molar-refractivity contribution in [1.29, 1.82) is 0 Å². The third-order valence-corrected chi connectivity index (χ3v) is 3.34. The molecule has 0 aliphatic rings. The summed E-state index contributed by atoms with van der Waals surface area (Å²) < 4.78 is 0. The molecule has 0 bridgehead atoms. The van der Waals surface area contributed by atoms with Gasteiger partial charge in [-0.05, 0) is 30.7 Å². The van der Waals surface area contributed by atoms with Crippen LogP contribution in [-0.2, 0) is 9.59 Å². The van der Waals surface area contributed by atoms with Crippen LogP contribution in [0.1, 0.15) is 50.5 Å². The van der Waals surface area contributed by atoms with Crippen LogP contribution < -0.4 is 5.32 Å². The van der Waals surface area contributed by atoms with Crippen molar-refractivity contribution in [2.24, 2.45) is 0 Å². The number of rotatable bonds is 9. The monoisotopic (exact) mass is 277 g/mol. The average molecular weight is 277 g/mol. The number of benzene rings is 1. The summed E-state index contributed by atoms with van der Waals surface area (Å²) in [6.07, 6.45) is 2.89. The largest absolute Gasteiger partial charge is 0.481 e. The fourth-order valence-corrected chi connectivity index (χ4v) is 2.15. The Kier molecular flexibility index (Phi) is 7.40. The molecular weight excluding hydrogens is 254 g/mol. The third-order valence-electron chi connectivity index (χ3n) is 3.34. The molecule has 0 fully saturated rings. The Morgan fingerprint density at radius 1 is 1.20 bits per heavy atom. The lowest BCUT2D eigenvalue weighted by Gasteiger charge is -2.15. The SMILES string of the molecule is CCC(CC(=O)NCCCCC(=O)O)c1ccccc1. The number of carbonyl (C=O) groups is 2. The molecular formula is C16H23NO3. The molecule has 1 unspecified atom stereocenters. The van der Waals surface area contributed by atoms with E-state index in [0.29, 0.717) is 25.8 Å². The van der Waals surface area contributed by atoms with E-state index in [4.69, 9.17) is 5.11 Å². The normalized spacial score (nSPS) is 11.8. The molecule has 0 aliphatic heterocycles. The third kappa shape index (κ3) is 6.36. The Morgan fingerprint density at radius 3 is 2.50 bits per heavy atom. The van der Waals surface area contributed by atoms with Crippen molar-refractivity contribution < 1.29 is 14.7 Å². The predicted molar refractivity (Wildman–Crippen MR) is 78.6 cm³/mol. The molecule has 0 saturated heterocycles. The van der Waals surface area contributed by atoms with Gasteiger partial charge < -0.3 is 10.4 Å². The van der Waals surface area contributed by atoms with Gasteiger partial charge in [0.1, 0.15) is 0 Å². The van der Waals surface area contributed by atoms with Crippen LogP contribution in [0.3, 0.4) is 0 Å². The van der Waals surface area contributed by atoms with Crippen molar-refractivity contribution in [3.05, 3.63) is 35.9 Å². The Hall–Kier alpha value is -1.84. The number of hydrogen-bond acceptors (Lipinski definition) is 2. The summed E-state index contributed by atoms with van der Waals surface area (Å²) in [5, 5.41) is 11.4. The Bertz CT molecular complexity index is 417. The van der Waals surface area contributed by atoms with Crippen molar-refractivity contribution in [3.63, 3.8) is 0 Å². The van der Waals surface area contributed by atoms with Crippen LogP contribution in [0.4, 0.5) is 0 Å². The number of hydrogen-bond donors (Lipinski definition) is 2.